The van der Waals surface area contributed by atoms with E-state index in [-0.39, 0.29) is 18.5 Å². The van der Waals surface area contributed by atoms with Crippen LogP contribution in [0.5, 0.6) is 0 Å². The number of benzene rings is 1. The van der Waals surface area contributed by atoms with E-state index in [1.165, 1.54) is 6.07 Å². The van der Waals surface area contributed by atoms with E-state index in [0.29, 0.717) is 4.90 Å². The van der Waals surface area contributed by atoms with E-state index in [1.54, 1.807) is 18.2 Å². The van der Waals surface area contributed by atoms with Gasteiger partial charge in [0, 0.05) is 4.90 Å². The van der Waals surface area contributed by atoms with E-state index in [4.69, 9.17) is 0 Å². The summed E-state index contributed by atoms with van der Waals surface area (Å²) in [5, 5.41) is 30.8. The molecular formula is C15H15NO7S. The van der Waals surface area contributed by atoms with E-state index >= 15 is 0 Å². The molecule has 1 fully saturated rings. The molecule has 0 radical (unpaired) electrons. The molecule has 0 aliphatic heterocycles. The minimum atomic E-state index is -2.73. The summed E-state index contributed by atoms with van der Waals surface area (Å²) in [5.41, 5.74) is -5.17. The normalized spacial score (nSPS) is 21.9. The first-order valence-corrected chi connectivity index (χ1v) is 7.44. The summed E-state index contributed by atoms with van der Waals surface area (Å²) in [4.78, 5) is 48.2. The van der Waals surface area contributed by atoms with Crippen LogP contribution in [-0.2, 0) is 19.2 Å². The molecule has 1 aromatic carbocycles. The second-order valence-corrected chi connectivity index (χ2v) is 6.03. The summed E-state index contributed by atoms with van der Waals surface area (Å²) in [5.74, 6) is -6.65. The molecule has 8 nitrogen and oxygen atoms in total. The molecule has 0 heterocycles. The molecule has 0 spiro atoms. The van der Waals surface area contributed by atoms with Crippen molar-refractivity contribution in [1.29, 1.82) is 0 Å². The van der Waals surface area contributed by atoms with Crippen LogP contribution in [0.25, 0.3) is 0 Å². The average Bonchev–Trinajstić information content (AvgIpc) is 2.92. The summed E-state index contributed by atoms with van der Waals surface area (Å²) < 4.78 is 0. The van der Waals surface area contributed by atoms with Crippen LogP contribution in [-0.4, -0.2) is 39.1 Å². The van der Waals surface area contributed by atoms with Gasteiger partial charge >= 0.3 is 17.9 Å². The molecule has 4 N–H and O–H groups in total. The smallest absolute Gasteiger partial charge is 0.322 e. The number of rotatable bonds is 5. The number of thiol groups is 1. The number of aliphatic carboxylic acids is 3. The Hall–Kier alpha value is -2.55. The van der Waals surface area contributed by atoms with Gasteiger partial charge in [-0.3, -0.25) is 19.2 Å². The van der Waals surface area contributed by atoms with E-state index in [2.05, 4.69) is 17.9 Å². The van der Waals surface area contributed by atoms with Crippen molar-refractivity contribution < 1.29 is 34.5 Å². The van der Waals surface area contributed by atoms with Crippen LogP contribution in [0.3, 0.4) is 0 Å². The van der Waals surface area contributed by atoms with E-state index < -0.39 is 41.1 Å². The lowest BCUT2D eigenvalue weighted by atomic mass is 9.64. The van der Waals surface area contributed by atoms with E-state index in [0.717, 1.165) is 0 Å². The standard InChI is InChI=1S/C15H15NO7S/c17-10(16-8-4-1-2-5-9(8)24)14(11(18)19)6-3-7-15(14,12(20)21)13(22)23/h1-2,4-5,24H,3,6-7H2,(H,16,17)(H,18,19)(H,20,21)(H,22,23). The number of amides is 1. The van der Waals surface area contributed by atoms with Crippen LogP contribution in [0.2, 0.25) is 0 Å². The third-order valence-electron chi connectivity index (χ3n) is 4.47. The molecule has 1 aliphatic rings. The van der Waals surface area contributed by atoms with E-state index in [9.17, 15) is 34.5 Å². The fourth-order valence-electron chi connectivity index (χ4n) is 3.22. The van der Waals surface area contributed by atoms with Crippen molar-refractivity contribution in [3.63, 3.8) is 0 Å². The summed E-state index contributed by atoms with van der Waals surface area (Å²) in [6.07, 6.45) is -0.845. The molecule has 1 amide bonds. The number of carbonyl (C=O) groups is 4. The average molecular weight is 353 g/mol. The van der Waals surface area contributed by atoms with Crippen molar-refractivity contribution in [2.45, 2.75) is 24.2 Å². The van der Waals surface area contributed by atoms with Gasteiger partial charge in [0.25, 0.3) is 0 Å². The Balaban J connectivity index is 2.57. The second kappa shape index (κ2) is 6.16. The zero-order valence-electron chi connectivity index (χ0n) is 12.4. The molecule has 2 rings (SSSR count). The lowest BCUT2D eigenvalue weighted by Gasteiger charge is -2.35. The van der Waals surface area contributed by atoms with Crippen LogP contribution in [0, 0.1) is 10.8 Å². The largest absolute Gasteiger partial charge is 0.480 e. The number of hydrogen-bond donors (Lipinski definition) is 5. The van der Waals surface area contributed by atoms with Crippen LogP contribution in [0.1, 0.15) is 19.3 Å². The predicted octanol–water partition coefficient (Wildman–Crippen LogP) is 1.32. The minimum absolute atomic E-state index is 0.0131. The van der Waals surface area contributed by atoms with Crippen molar-refractivity contribution in [2.75, 3.05) is 5.32 Å². The quantitative estimate of drug-likeness (QED) is 0.397. The molecule has 1 saturated carbocycles. The molecule has 24 heavy (non-hydrogen) atoms. The Morgan fingerprint density at radius 3 is 1.92 bits per heavy atom. The molecule has 9 heteroatoms. The van der Waals surface area contributed by atoms with Gasteiger partial charge in [-0.05, 0) is 31.4 Å². The molecule has 0 saturated heterocycles. The molecule has 1 unspecified atom stereocenters. The topological polar surface area (TPSA) is 141 Å². The third kappa shape index (κ3) is 2.32. The Labute approximate surface area is 141 Å². The number of para-hydroxylation sites is 1. The highest BCUT2D eigenvalue weighted by atomic mass is 32.1. The number of carbonyl (C=O) groups excluding carboxylic acids is 1. The number of nitrogens with one attached hydrogen (secondary N) is 1. The first-order valence-electron chi connectivity index (χ1n) is 7.00. The van der Waals surface area contributed by atoms with Gasteiger partial charge in [-0.15, -0.1) is 12.6 Å². The molecule has 1 atom stereocenters. The summed E-state index contributed by atoms with van der Waals surface area (Å²) in [7, 11) is 0. The number of carboxylic acids is 3. The highest BCUT2D eigenvalue weighted by Gasteiger charge is 2.73. The van der Waals surface area contributed by atoms with Crippen molar-refractivity contribution >= 4 is 42.1 Å². The van der Waals surface area contributed by atoms with Crippen LogP contribution < -0.4 is 5.32 Å². The number of hydrogen-bond acceptors (Lipinski definition) is 5. The predicted molar refractivity (Wildman–Crippen MR) is 83.9 cm³/mol. The Morgan fingerprint density at radius 2 is 1.42 bits per heavy atom. The fraction of sp³-hybridized carbons (Fsp3) is 0.333. The van der Waals surface area contributed by atoms with Crippen molar-refractivity contribution in [3.05, 3.63) is 24.3 Å². The van der Waals surface area contributed by atoms with Crippen LogP contribution >= 0.6 is 12.6 Å². The van der Waals surface area contributed by atoms with E-state index in [1.807, 2.05) is 0 Å². The van der Waals surface area contributed by atoms with Gasteiger partial charge in [0.05, 0.1) is 5.69 Å². The summed E-state index contributed by atoms with van der Waals surface area (Å²) >= 11 is 4.12. The van der Waals surface area contributed by atoms with Gasteiger partial charge in [-0.25, -0.2) is 0 Å². The molecule has 1 aliphatic carbocycles. The first kappa shape index (κ1) is 17.8. The number of anilines is 1. The van der Waals surface area contributed by atoms with Gasteiger partial charge in [-0.1, -0.05) is 12.1 Å². The minimum Gasteiger partial charge on any atom is -0.480 e. The molecule has 0 aromatic heterocycles. The van der Waals surface area contributed by atoms with Gasteiger partial charge in [0.1, 0.15) is 0 Å². The maximum absolute atomic E-state index is 12.7. The van der Waals surface area contributed by atoms with Crippen molar-refractivity contribution in [3.8, 4) is 0 Å². The molecule has 1 aromatic rings. The molecule has 0 bridgehead atoms. The monoisotopic (exact) mass is 353 g/mol. The first-order chi connectivity index (χ1) is 11.2. The van der Waals surface area contributed by atoms with Crippen molar-refractivity contribution in [2.24, 2.45) is 10.8 Å². The van der Waals surface area contributed by atoms with Crippen LogP contribution in [0.15, 0.2) is 29.2 Å². The zero-order chi connectivity index (χ0) is 18.1. The summed E-state index contributed by atoms with van der Waals surface area (Å²) in [6.45, 7) is 0. The summed E-state index contributed by atoms with van der Waals surface area (Å²) in [6, 6.07) is 6.20. The highest BCUT2D eigenvalue weighted by molar-refractivity contribution is 7.80. The second-order valence-electron chi connectivity index (χ2n) is 5.55. The Bertz CT molecular complexity index is 718. The van der Waals surface area contributed by atoms with Crippen LogP contribution in [0.4, 0.5) is 5.69 Å². The lowest BCUT2D eigenvalue weighted by molar-refractivity contribution is -0.185. The fourth-order valence-corrected chi connectivity index (χ4v) is 3.43. The molecular weight excluding hydrogens is 338 g/mol. The van der Waals surface area contributed by atoms with Gasteiger partial charge in [0.2, 0.25) is 5.91 Å². The van der Waals surface area contributed by atoms with Gasteiger partial charge in [-0.2, -0.15) is 0 Å². The Kier molecular flexibility index (Phi) is 4.57. The highest BCUT2D eigenvalue weighted by Crippen LogP contribution is 2.54. The molecule has 128 valence electrons. The maximum Gasteiger partial charge on any atom is 0.322 e. The third-order valence-corrected chi connectivity index (χ3v) is 4.86. The zero-order valence-corrected chi connectivity index (χ0v) is 13.2. The van der Waals surface area contributed by atoms with Gasteiger partial charge < -0.3 is 20.6 Å². The Morgan fingerprint density at radius 1 is 0.917 bits per heavy atom. The van der Waals surface area contributed by atoms with Crippen molar-refractivity contribution in [1.82, 2.24) is 0 Å². The van der Waals surface area contributed by atoms with Gasteiger partial charge in [0.15, 0.2) is 10.8 Å². The SMILES string of the molecule is O=C(O)C1(C(=O)O)CCCC1(C(=O)O)C(=O)Nc1ccccc1S. The lowest BCUT2D eigenvalue weighted by Crippen LogP contribution is -2.59. The number of carboxylic acid groups (broad SMARTS) is 3. The maximum atomic E-state index is 12.7.